The van der Waals surface area contributed by atoms with E-state index in [0.717, 1.165) is 5.69 Å². The van der Waals surface area contributed by atoms with Crippen molar-refractivity contribution in [3.05, 3.63) is 36.3 Å². The highest BCUT2D eigenvalue weighted by Gasteiger charge is 2.11. The lowest BCUT2D eigenvalue weighted by Crippen LogP contribution is -2.36. The van der Waals surface area contributed by atoms with E-state index in [0.29, 0.717) is 0 Å². The predicted molar refractivity (Wildman–Crippen MR) is 54.6 cm³/mol. The van der Waals surface area contributed by atoms with Crippen LogP contribution in [-0.2, 0) is 14.1 Å². The van der Waals surface area contributed by atoms with E-state index in [1.54, 1.807) is 0 Å². The van der Waals surface area contributed by atoms with Gasteiger partial charge in [-0.15, -0.1) is 4.68 Å². The molecule has 2 rings (SSSR count). The van der Waals surface area contributed by atoms with E-state index in [4.69, 9.17) is 0 Å². The lowest BCUT2D eigenvalue weighted by atomic mass is 10.1. The Balaban J connectivity index is 2.60. The summed E-state index contributed by atoms with van der Waals surface area (Å²) in [6, 6.07) is 6.16. The number of hydrogen-bond donors (Lipinski definition) is 0. The number of pyridine rings is 1. The second kappa shape index (κ2) is 3.25. The third-order valence-electron chi connectivity index (χ3n) is 2.55. The van der Waals surface area contributed by atoms with E-state index >= 15 is 0 Å². The first-order valence-electron chi connectivity index (χ1n) is 4.64. The summed E-state index contributed by atoms with van der Waals surface area (Å²) >= 11 is 0. The molecular formula is C11H14N3+. The van der Waals surface area contributed by atoms with Crippen LogP contribution in [0.2, 0.25) is 0 Å². The van der Waals surface area contributed by atoms with E-state index in [-0.39, 0.29) is 0 Å². The van der Waals surface area contributed by atoms with Gasteiger partial charge in [-0.1, -0.05) is 0 Å². The molecule has 0 fully saturated rings. The molecule has 0 amide bonds. The fourth-order valence-electron chi connectivity index (χ4n) is 1.58. The van der Waals surface area contributed by atoms with Crippen LogP contribution in [0.25, 0.3) is 11.3 Å². The molecule has 0 aliphatic rings. The predicted octanol–water partition coefficient (Wildman–Crippen LogP) is 1.22. The molecule has 0 radical (unpaired) electrons. The maximum atomic E-state index is 4.28. The van der Waals surface area contributed by atoms with Crippen molar-refractivity contribution in [1.82, 2.24) is 9.67 Å². The Morgan fingerprint density at radius 2 is 2.14 bits per heavy atom. The van der Waals surface area contributed by atoms with E-state index in [9.17, 15) is 0 Å². The van der Waals surface area contributed by atoms with E-state index in [1.807, 2.05) is 44.2 Å². The molecule has 2 heterocycles. The lowest BCUT2D eigenvalue weighted by molar-refractivity contribution is -0.750. The number of aromatic nitrogens is 3. The molecule has 72 valence electrons. The number of nitrogens with zero attached hydrogens (tertiary/aromatic N) is 3. The third-order valence-corrected chi connectivity index (χ3v) is 2.55. The summed E-state index contributed by atoms with van der Waals surface area (Å²) in [4.78, 5) is 4.28. The zero-order valence-corrected chi connectivity index (χ0v) is 8.73. The van der Waals surface area contributed by atoms with Crippen LogP contribution < -0.4 is 4.68 Å². The van der Waals surface area contributed by atoms with E-state index in [1.165, 1.54) is 11.3 Å². The van der Waals surface area contributed by atoms with Crippen LogP contribution in [0.1, 0.15) is 5.69 Å². The fourth-order valence-corrected chi connectivity index (χ4v) is 1.58. The maximum absolute atomic E-state index is 4.28. The summed E-state index contributed by atoms with van der Waals surface area (Å²) < 4.78 is 4.14. The molecule has 3 nitrogen and oxygen atoms in total. The minimum Gasteiger partial charge on any atom is -0.261 e. The smallest absolute Gasteiger partial charge is 0.196 e. The summed E-state index contributed by atoms with van der Waals surface area (Å²) in [7, 11) is 4.07. The topological polar surface area (TPSA) is 21.7 Å². The van der Waals surface area contributed by atoms with Gasteiger partial charge in [0.2, 0.25) is 0 Å². The SMILES string of the molecule is Cc1ncccc1-c1cc[n+](C)n1C. The summed E-state index contributed by atoms with van der Waals surface area (Å²) in [5.41, 5.74) is 3.45. The third kappa shape index (κ3) is 1.31. The molecule has 0 unspecified atom stereocenters. The van der Waals surface area contributed by atoms with Crippen LogP contribution in [0.5, 0.6) is 0 Å². The number of rotatable bonds is 1. The summed E-state index contributed by atoms with van der Waals surface area (Å²) in [5, 5.41) is 0. The Morgan fingerprint density at radius 1 is 1.36 bits per heavy atom. The summed E-state index contributed by atoms with van der Waals surface area (Å²) in [5.74, 6) is 0. The molecule has 0 saturated carbocycles. The Hall–Kier alpha value is -1.64. The highest BCUT2D eigenvalue weighted by Crippen LogP contribution is 2.19. The van der Waals surface area contributed by atoms with Crippen molar-refractivity contribution in [3.8, 4) is 11.3 Å². The maximum Gasteiger partial charge on any atom is 0.196 e. The number of hydrogen-bond acceptors (Lipinski definition) is 1. The first-order chi connectivity index (χ1) is 6.70. The Bertz CT molecular complexity index is 457. The van der Waals surface area contributed by atoms with Gasteiger partial charge in [-0.2, -0.15) is 4.68 Å². The van der Waals surface area contributed by atoms with Gasteiger partial charge in [0, 0.05) is 23.5 Å². The lowest BCUT2D eigenvalue weighted by Gasteiger charge is -2.02. The van der Waals surface area contributed by atoms with Crippen LogP contribution in [-0.4, -0.2) is 9.67 Å². The second-order valence-corrected chi connectivity index (χ2v) is 3.43. The van der Waals surface area contributed by atoms with Crippen LogP contribution in [0.15, 0.2) is 30.6 Å². The molecule has 0 bridgehead atoms. The minimum absolute atomic E-state index is 1.06. The van der Waals surface area contributed by atoms with Gasteiger partial charge in [0.15, 0.2) is 13.2 Å². The summed E-state index contributed by atoms with van der Waals surface area (Å²) in [6.07, 6.45) is 3.86. The Labute approximate surface area is 83.6 Å². The van der Waals surface area contributed by atoms with Crippen molar-refractivity contribution < 1.29 is 4.68 Å². The van der Waals surface area contributed by atoms with E-state index < -0.39 is 0 Å². The molecule has 0 spiro atoms. The zero-order valence-electron chi connectivity index (χ0n) is 8.73. The molecule has 2 aromatic heterocycles. The zero-order chi connectivity index (χ0) is 10.1. The minimum atomic E-state index is 1.06. The molecule has 0 atom stereocenters. The molecule has 0 aliphatic carbocycles. The first kappa shape index (κ1) is 8.94. The van der Waals surface area contributed by atoms with Crippen molar-refractivity contribution in [2.75, 3.05) is 0 Å². The van der Waals surface area contributed by atoms with Gasteiger partial charge in [0.25, 0.3) is 0 Å². The first-order valence-corrected chi connectivity index (χ1v) is 4.64. The Morgan fingerprint density at radius 3 is 2.71 bits per heavy atom. The average molecular weight is 188 g/mol. The van der Waals surface area contributed by atoms with Crippen molar-refractivity contribution in [1.29, 1.82) is 0 Å². The molecule has 0 N–H and O–H groups in total. The molecule has 2 aromatic rings. The molecular weight excluding hydrogens is 174 g/mol. The van der Waals surface area contributed by atoms with Crippen LogP contribution >= 0.6 is 0 Å². The largest absolute Gasteiger partial charge is 0.261 e. The van der Waals surface area contributed by atoms with Crippen LogP contribution in [0.3, 0.4) is 0 Å². The van der Waals surface area contributed by atoms with Gasteiger partial charge >= 0.3 is 0 Å². The highest BCUT2D eigenvalue weighted by atomic mass is 15.4. The standard InChI is InChI=1S/C11H14N3/c1-9-10(5-4-7-12-9)11-6-8-13(2)14(11)3/h4-8H,1-3H3/q+1. The van der Waals surface area contributed by atoms with Gasteiger partial charge in [-0.3, -0.25) is 4.98 Å². The van der Waals surface area contributed by atoms with Crippen molar-refractivity contribution >= 4 is 0 Å². The monoisotopic (exact) mass is 188 g/mol. The number of aryl methyl sites for hydroxylation is 2. The molecule has 0 aliphatic heterocycles. The normalized spacial score (nSPS) is 10.5. The van der Waals surface area contributed by atoms with Gasteiger partial charge in [-0.25, -0.2) is 0 Å². The van der Waals surface area contributed by atoms with Gasteiger partial charge in [-0.05, 0) is 19.1 Å². The highest BCUT2D eigenvalue weighted by molar-refractivity contribution is 5.60. The van der Waals surface area contributed by atoms with E-state index in [2.05, 4.69) is 21.8 Å². The quantitative estimate of drug-likeness (QED) is 0.617. The van der Waals surface area contributed by atoms with Crippen molar-refractivity contribution in [2.24, 2.45) is 14.1 Å². The van der Waals surface area contributed by atoms with Gasteiger partial charge in [0.05, 0.1) is 7.05 Å². The molecule has 14 heavy (non-hydrogen) atoms. The van der Waals surface area contributed by atoms with Gasteiger partial charge in [0.1, 0.15) is 5.69 Å². The average Bonchev–Trinajstić information content (AvgIpc) is 2.49. The van der Waals surface area contributed by atoms with Crippen molar-refractivity contribution in [2.45, 2.75) is 6.92 Å². The van der Waals surface area contributed by atoms with Crippen molar-refractivity contribution in [3.63, 3.8) is 0 Å². The molecule has 3 heteroatoms. The Kier molecular flexibility index (Phi) is 2.08. The summed E-state index contributed by atoms with van der Waals surface area (Å²) in [6.45, 7) is 2.03. The fraction of sp³-hybridized carbons (Fsp3) is 0.273. The van der Waals surface area contributed by atoms with Crippen LogP contribution in [0.4, 0.5) is 0 Å². The van der Waals surface area contributed by atoms with Crippen LogP contribution in [0, 0.1) is 6.92 Å². The molecule has 0 saturated heterocycles. The van der Waals surface area contributed by atoms with Gasteiger partial charge < -0.3 is 0 Å². The second-order valence-electron chi connectivity index (χ2n) is 3.43. The molecule has 0 aromatic carbocycles.